The molecule has 3 amide bonds. The number of anilines is 1. The van der Waals surface area contributed by atoms with Crippen LogP contribution in [0.1, 0.15) is 33.2 Å². The molecule has 2 N–H and O–H groups in total. The third-order valence-corrected chi connectivity index (χ3v) is 6.54. The third-order valence-electron chi connectivity index (χ3n) is 6.54. The SMILES string of the molecule is O=C(Nc1ccc(C2OC(=O)N(Cc3ccccc3)C2C(=O)NCc2ccc(F)cc2)cc1)c1ccccc1F. The molecule has 0 aromatic heterocycles. The smallest absolute Gasteiger partial charge is 0.411 e. The minimum Gasteiger partial charge on any atom is -0.438 e. The molecule has 4 aromatic rings. The third kappa shape index (κ3) is 5.99. The molecular weight excluding hydrogens is 516 g/mol. The van der Waals surface area contributed by atoms with Gasteiger partial charge in [0.1, 0.15) is 11.6 Å². The van der Waals surface area contributed by atoms with Gasteiger partial charge in [0.2, 0.25) is 5.91 Å². The van der Waals surface area contributed by atoms with Crippen molar-refractivity contribution >= 4 is 23.6 Å². The highest BCUT2D eigenvalue weighted by Gasteiger charge is 2.46. The number of amides is 3. The van der Waals surface area contributed by atoms with Crippen LogP contribution in [-0.2, 0) is 22.6 Å². The number of benzene rings is 4. The molecule has 9 heteroatoms. The van der Waals surface area contributed by atoms with Crippen LogP contribution in [0.4, 0.5) is 19.3 Å². The number of carbonyl (C=O) groups excluding carboxylic acids is 3. The average Bonchev–Trinajstić information content (AvgIpc) is 3.29. The highest BCUT2D eigenvalue weighted by Crippen LogP contribution is 2.34. The summed E-state index contributed by atoms with van der Waals surface area (Å²) in [6, 6.07) is 26.1. The van der Waals surface area contributed by atoms with Crippen LogP contribution in [0.3, 0.4) is 0 Å². The summed E-state index contributed by atoms with van der Waals surface area (Å²) in [7, 11) is 0. The van der Waals surface area contributed by atoms with Gasteiger partial charge in [-0.1, -0.05) is 66.7 Å². The van der Waals surface area contributed by atoms with Crippen molar-refractivity contribution in [3.8, 4) is 0 Å². The van der Waals surface area contributed by atoms with Crippen LogP contribution in [0.5, 0.6) is 0 Å². The molecule has 4 aromatic carbocycles. The Bertz CT molecular complexity index is 1510. The van der Waals surface area contributed by atoms with Crippen LogP contribution in [0.2, 0.25) is 0 Å². The van der Waals surface area contributed by atoms with Gasteiger partial charge < -0.3 is 15.4 Å². The molecule has 1 saturated heterocycles. The molecule has 1 heterocycles. The monoisotopic (exact) mass is 541 g/mol. The van der Waals surface area contributed by atoms with Crippen LogP contribution in [-0.4, -0.2) is 28.8 Å². The van der Waals surface area contributed by atoms with Crippen molar-refractivity contribution in [2.75, 3.05) is 5.32 Å². The molecule has 2 atom stereocenters. The summed E-state index contributed by atoms with van der Waals surface area (Å²) in [5.41, 5.74) is 2.36. The molecule has 0 aliphatic carbocycles. The van der Waals surface area contributed by atoms with Crippen LogP contribution in [0.25, 0.3) is 0 Å². The van der Waals surface area contributed by atoms with E-state index >= 15 is 0 Å². The second-order valence-electron chi connectivity index (χ2n) is 9.26. The van der Waals surface area contributed by atoms with Gasteiger partial charge in [-0.05, 0) is 53.1 Å². The van der Waals surface area contributed by atoms with E-state index in [0.717, 1.165) is 5.56 Å². The fourth-order valence-corrected chi connectivity index (χ4v) is 4.49. The van der Waals surface area contributed by atoms with Crippen molar-refractivity contribution in [1.29, 1.82) is 0 Å². The van der Waals surface area contributed by atoms with E-state index in [4.69, 9.17) is 4.74 Å². The Morgan fingerprint density at radius 2 is 1.48 bits per heavy atom. The predicted molar refractivity (Wildman–Crippen MR) is 144 cm³/mol. The number of carbonyl (C=O) groups is 3. The van der Waals surface area contributed by atoms with E-state index in [9.17, 15) is 23.2 Å². The van der Waals surface area contributed by atoms with Gasteiger partial charge in [-0.2, -0.15) is 0 Å². The summed E-state index contributed by atoms with van der Waals surface area (Å²) >= 11 is 0. The largest absolute Gasteiger partial charge is 0.438 e. The molecule has 2 unspecified atom stereocenters. The second-order valence-corrected chi connectivity index (χ2v) is 9.26. The zero-order chi connectivity index (χ0) is 28.1. The maximum atomic E-state index is 14.0. The zero-order valence-electron chi connectivity index (χ0n) is 21.2. The first-order chi connectivity index (χ1) is 19.4. The van der Waals surface area contributed by atoms with Gasteiger partial charge in [0.25, 0.3) is 5.91 Å². The molecule has 5 rings (SSSR count). The van der Waals surface area contributed by atoms with Gasteiger partial charge in [-0.15, -0.1) is 0 Å². The Labute approximate surface area is 229 Å². The average molecular weight is 542 g/mol. The zero-order valence-corrected chi connectivity index (χ0v) is 21.2. The van der Waals surface area contributed by atoms with Crippen LogP contribution < -0.4 is 10.6 Å². The molecule has 0 bridgehead atoms. The van der Waals surface area contributed by atoms with Crippen molar-refractivity contribution in [2.45, 2.75) is 25.2 Å². The Morgan fingerprint density at radius 1 is 0.800 bits per heavy atom. The summed E-state index contributed by atoms with van der Waals surface area (Å²) in [5.74, 6) is -2.06. The molecule has 1 fully saturated rings. The topological polar surface area (TPSA) is 87.7 Å². The number of hydrogen-bond acceptors (Lipinski definition) is 4. The fourth-order valence-electron chi connectivity index (χ4n) is 4.49. The molecule has 1 aliphatic heterocycles. The predicted octanol–water partition coefficient (Wildman–Crippen LogP) is 5.60. The number of nitrogens with zero attached hydrogens (tertiary/aromatic N) is 1. The fraction of sp³-hybridized carbons (Fsp3) is 0.129. The van der Waals surface area contributed by atoms with E-state index in [1.165, 1.54) is 35.2 Å². The lowest BCUT2D eigenvalue weighted by Gasteiger charge is -2.24. The summed E-state index contributed by atoms with van der Waals surface area (Å²) in [6.45, 7) is 0.290. The minimum atomic E-state index is -0.994. The van der Waals surface area contributed by atoms with Gasteiger partial charge in [0, 0.05) is 12.2 Å². The molecule has 0 spiro atoms. The highest BCUT2D eigenvalue weighted by molar-refractivity contribution is 6.04. The Kier molecular flexibility index (Phi) is 7.82. The van der Waals surface area contributed by atoms with E-state index < -0.39 is 35.9 Å². The summed E-state index contributed by atoms with van der Waals surface area (Å²) < 4.78 is 32.9. The van der Waals surface area contributed by atoms with Crippen molar-refractivity contribution in [2.24, 2.45) is 0 Å². The minimum absolute atomic E-state index is 0.0919. The summed E-state index contributed by atoms with van der Waals surface area (Å²) in [4.78, 5) is 40.3. The second kappa shape index (κ2) is 11.8. The van der Waals surface area contributed by atoms with Crippen LogP contribution in [0, 0.1) is 11.6 Å². The Hall–Kier alpha value is -5.05. The molecule has 0 radical (unpaired) electrons. The number of ether oxygens (including phenoxy) is 1. The van der Waals surface area contributed by atoms with Gasteiger partial charge >= 0.3 is 6.09 Å². The quantitative estimate of drug-likeness (QED) is 0.304. The van der Waals surface area contributed by atoms with E-state index in [-0.39, 0.29) is 24.5 Å². The van der Waals surface area contributed by atoms with E-state index in [1.807, 2.05) is 30.3 Å². The first kappa shape index (κ1) is 26.6. The lowest BCUT2D eigenvalue weighted by molar-refractivity contribution is -0.126. The van der Waals surface area contributed by atoms with Crippen LogP contribution in [0.15, 0.2) is 103 Å². The van der Waals surface area contributed by atoms with Crippen molar-refractivity contribution in [3.05, 3.63) is 137 Å². The van der Waals surface area contributed by atoms with Crippen molar-refractivity contribution in [3.63, 3.8) is 0 Å². The Morgan fingerprint density at radius 3 is 2.17 bits per heavy atom. The molecule has 202 valence electrons. The standard InChI is InChI=1S/C31H25F2N3O4/c32-23-14-10-20(11-15-23)18-34-30(38)27-28(40-31(39)36(27)19-21-6-2-1-3-7-21)22-12-16-24(17-13-22)35-29(37)25-8-4-5-9-26(25)33/h1-17,27-28H,18-19H2,(H,34,38)(H,35,37). The molecule has 40 heavy (non-hydrogen) atoms. The maximum Gasteiger partial charge on any atom is 0.411 e. The van der Waals surface area contributed by atoms with Gasteiger partial charge in [-0.25, -0.2) is 13.6 Å². The van der Waals surface area contributed by atoms with Gasteiger partial charge in [0.15, 0.2) is 12.1 Å². The maximum absolute atomic E-state index is 14.0. The first-order valence-electron chi connectivity index (χ1n) is 12.6. The van der Waals surface area contributed by atoms with Gasteiger partial charge in [0.05, 0.1) is 12.1 Å². The van der Waals surface area contributed by atoms with E-state index in [2.05, 4.69) is 10.6 Å². The lowest BCUT2D eigenvalue weighted by Crippen LogP contribution is -2.46. The molecular formula is C31H25F2N3O4. The van der Waals surface area contributed by atoms with Crippen LogP contribution >= 0.6 is 0 Å². The van der Waals surface area contributed by atoms with E-state index in [1.54, 1.807) is 42.5 Å². The number of halogens is 2. The molecule has 7 nitrogen and oxygen atoms in total. The number of rotatable bonds is 8. The lowest BCUT2D eigenvalue weighted by atomic mass is 10.00. The molecule has 0 saturated carbocycles. The number of cyclic esters (lactones) is 1. The van der Waals surface area contributed by atoms with E-state index in [0.29, 0.717) is 16.8 Å². The van der Waals surface area contributed by atoms with Crippen molar-refractivity contribution < 1.29 is 27.9 Å². The number of nitrogens with one attached hydrogen (secondary N) is 2. The number of hydrogen-bond donors (Lipinski definition) is 2. The summed E-state index contributed by atoms with van der Waals surface area (Å²) in [6.07, 6.45) is -1.58. The highest BCUT2D eigenvalue weighted by atomic mass is 19.1. The first-order valence-corrected chi connectivity index (χ1v) is 12.6. The molecule has 1 aliphatic rings. The van der Waals surface area contributed by atoms with Crippen molar-refractivity contribution in [1.82, 2.24) is 10.2 Å². The summed E-state index contributed by atoms with van der Waals surface area (Å²) in [5, 5.41) is 5.47. The Balaban J connectivity index is 1.36. The van der Waals surface area contributed by atoms with Gasteiger partial charge in [-0.3, -0.25) is 14.5 Å². The normalized spacial score (nSPS) is 16.4.